The Hall–Kier alpha value is -1.06. The van der Waals surface area contributed by atoms with Crippen molar-refractivity contribution < 1.29 is 9.59 Å². The van der Waals surface area contributed by atoms with Crippen LogP contribution in [-0.4, -0.2) is 35.3 Å². The number of carbonyl (C=O) groups excluding carboxylic acids is 2. The molecule has 0 aromatic rings. The van der Waals surface area contributed by atoms with Gasteiger partial charge in [0.25, 0.3) is 0 Å². The highest BCUT2D eigenvalue weighted by Crippen LogP contribution is 2.33. The van der Waals surface area contributed by atoms with Crippen LogP contribution >= 0.6 is 0 Å². The molecule has 0 aromatic heterocycles. The molecule has 2 fully saturated rings. The molecule has 0 aromatic carbocycles. The van der Waals surface area contributed by atoms with Gasteiger partial charge in [0.05, 0.1) is 0 Å². The highest BCUT2D eigenvalue weighted by atomic mass is 16.2. The lowest BCUT2D eigenvalue weighted by molar-refractivity contribution is -0.148. The van der Waals surface area contributed by atoms with Crippen LogP contribution in [0, 0.1) is 5.92 Å². The van der Waals surface area contributed by atoms with E-state index in [4.69, 9.17) is 0 Å². The molecule has 1 aliphatic heterocycles. The van der Waals surface area contributed by atoms with Crippen LogP contribution in [-0.2, 0) is 9.59 Å². The Labute approximate surface area is 96.4 Å². The third-order valence-corrected chi connectivity index (χ3v) is 3.57. The summed E-state index contributed by atoms with van der Waals surface area (Å²) in [6.07, 6.45) is 4.92. The first-order chi connectivity index (χ1) is 7.59. The quantitative estimate of drug-likeness (QED) is 0.771. The zero-order chi connectivity index (χ0) is 11.7. The normalized spacial score (nSPS) is 30.5. The van der Waals surface area contributed by atoms with E-state index in [1.165, 1.54) is 19.3 Å². The zero-order valence-electron chi connectivity index (χ0n) is 10.0. The van der Waals surface area contributed by atoms with Gasteiger partial charge in [-0.3, -0.25) is 9.59 Å². The highest BCUT2D eigenvalue weighted by molar-refractivity contribution is 5.96. The Kier molecular flexibility index (Phi) is 3.17. The van der Waals surface area contributed by atoms with E-state index >= 15 is 0 Å². The first-order valence-electron chi connectivity index (χ1n) is 6.20. The van der Waals surface area contributed by atoms with Crippen LogP contribution in [0.15, 0.2) is 0 Å². The molecule has 1 saturated heterocycles. The van der Waals surface area contributed by atoms with Crippen LogP contribution in [0.4, 0.5) is 0 Å². The van der Waals surface area contributed by atoms with Crippen molar-refractivity contribution in [2.75, 3.05) is 6.54 Å². The van der Waals surface area contributed by atoms with Gasteiger partial charge in [-0.15, -0.1) is 0 Å². The standard InChI is InChI=1S/C12H20N2O2/c1-8-12(16)14(9(2)11(15)13-8)7-3-4-10-5-6-10/h8-10H,3-7H2,1-2H3,(H,13,15). The Morgan fingerprint density at radius 2 is 2.00 bits per heavy atom. The lowest BCUT2D eigenvalue weighted by atomic mass is 10.1. The van der Waals surface area contributed by atoms with Gasteiger partial charge in [0.2, 0.25) is 11.8 Å². The Morgan fingerprint density at radius 1 is 1.31 bits per heavy atom. The number of piperazine rings is 1. The van der Waals surface area contributed by atoms with E-state index in [2.05, 4.69) is 5.32 Å². The van der Waals surface area contributed by atoms with Gasteiger partial charge in [0.15, 0.2) is 0 Å². The van der Waals surface area contributed by atoms with Crippen molar-refractivity contribution >= 4 is 11.8 Å². The molecule has 0 spiro atoms. The summed E-state index contributed by atoms with van der Waals surface area (Å²) in [5.74, 6) is 0.919. The van der Waals surface area contributed by atoms with Crippen LogP contribution in [0.25, 0.3) is 0 Å². The first kappa shape index (κ1) is 11.4. The summed E-state index contributed by atoms with van der Waals surface area (Å²) < 4.78 is 0. The first-order valence-corrected chi connectivity index (χ1v) is 6.20. The predicted molar refractivity (Wildman–Crippen MR) is 60.7 cm³/mol. The number of hydrogen-bond acceptors (Lipinski definition) is 2. The molecular formula is C12H20N2O2. The summed E-state index contributed by atoms with van der Waals surface area (Å²) in [4.78, 5) is 25.2. The fourth-order valence-corrected chi connectivity index (χ4v) is 2.24. The summed E-state index contributed by atoms with van der Waals surface area (Å²) in [5, 5.41) is 2.69. The van der Waals surface area contributed by atoms with Gasteiger partial charge in [0, 0.05) is 6.54 Å². The van der Waals surface area contributed by atoms with Crippen molar-refractivity contribution in [3.8, 4) is 0 Å². The molecule has 4 heteroatoms. The Balaban J connectivity index is 1.87. The van der Waals surface area contributed by atoms with E-state index in [0.29, 0.717) is 0 Å². The molecule has 2 unspecified atom stereocenters. The number of hydrogen-bond donors (Lipinski definition) is 1. The second-order valence-electron chi connectivity index (χ2n) is 5.02. The van der Waals surface area contributed by atoms with E-state index in [1.54, 1.807) is 18.7 Å². The molecule has 1 N–H and O–H groups in total. The van der Waals surface area contributed by atoms with Crippen LogP contribution in [0.1, 0.15) is 39.5 Å². The summed E-state index contributed by atoms with van der Waals surface area (Å²) in [5.41, 5.74) is 0. The third kappa shape index (κ3) is 2.36. The number of carbonyl (C=O) groups is 2. The maximum Gasteiger partial charge on any atom is 0.245 e. The van der Waals surface area contributed by atoms with Gasteiger partial charge in [-0.05, 0) is 32.6 Å². The van der Waals surface area contributed by atoms with Crippen molar-refractivity contribution in [1.29, 1.82) is 0 Å². The molecule has 0 bridgehead atoms. The zero-order valence-corrected chi connectivity index (χ0v) is 10.0. The van der Waals surface area contributed by atoms with E-state index in [1.807, 2.05) is 0 Å². The van der Waals surface area contributed by atoms with Gasteiger partial charge >= 0.3 is 0 Å². The van der Waals surface area contributed by atoms with Crippen molar-refractivity contribution in [2.24, 2.45) is 5.92 Å². The van der Waals surface area contributed by atoms with Gasteiger partial charge < -0.3 is 10.2 Å². The maximum absolute atomic E-state index is 11.9. The van der Waals surface area contributed by atoms with Crippen LogP contribution in [0.5, 0.6) is 0 Å². The fraction of sp³-hybridized carbons (Fsp3) is 0.833. The van der Waals surface area contributed by atoms with E-state index in [0.717, 1.165) is 18.9 Å². The van der Waals surface area contributed by atoms with Crippen LogP contribution in [0.3, 0.4) is 0 Å². The molecule has 2 amide bonds. The minimum atomic E-state index is -0.357. The Bertz CT molecular complexity index is 299. The monoisotopic (exact) mass is 224 g/mol. The minimum absolute atomic E-state index is 0.0291. The number of nitrogens with one attached hydrogen (secondary N) is 1. The topological polar surface area (TPSA) is 49.4 Å². The SMILES string of the molecule is CC1NC(=O)C(C)N(CCCC2CC2)C1=O. The fourth-order valence-electron chi connectivity index (χ4n) is 2.24. The third-order valence-electron chi connectivity index (χ3n) is 3.57. The lowest BCUT2D eigenvalue weighted by Crippen LogP contribution is -2.61. The maximum atomic E-state index is 11.9. The number of rotatable bonds is 4. The molecule has 1 heterocycles. The average Bonchev–Trinajstić information content (AvgIpc) is 3.04. The van der Waals surface area contributed by atoms with Crippen LogP contribution < -0.4 is 5.32 Å². The van der Waals surface area contributed by atoms with E-state index in [-0.39, 0.29) is 23.9 Å². The van der Waals surface area contributed by atoms with E-state index in [9.17, 15) is 9.59 Å². The second kappa shape index (κ2) is 4.44. The van der Waals surface area contributed by atoms with Gasteiger partial charge in [-0.1, -0.05) is 12.8 Å². The summed E-state index contributed by atoms with van der Waals surface area (Å²) in [6.45, 7) is 4.28. The van der Waals surface area contributed by atoms with Crippen molar-refractivity contribution in [1.82, 2.24) is 10.2 Å². The molecule has 1 aliphatic carbocycles. The van der Waals surface area contributed by atoms with Gasteiger partial charge in [0.1, 0.15) is 12.1 Å². The molecule has 0 radical (unpaired) electrons. The predicted octanol–water partition coefficient (Wildman–Crippen LogP) is 0.912. The molecule has 2 aliphatic rings. The van der Waals surface area contributed by atoms with E-state index < -0.39 is 0 Å². The number of amides is 2. The average molecular weight is 224 g/mol. The van der Waals surface area contributed by atoms with Crippen molar-refractivity contribution in [3.05, 3.63) is 0 Å². The van der Waals surface area contributed by atoms with Crippen LogP contribution in [0.2, 0.25) is 0 Å². The highest BCUT2D eigenvalue weighted by Gasteiger charge is 2.35. The van der Waals surface area contributed by atoms with Gasteiger partial charge in [-0.25, -0.2) is 0 Å². The van der Waals surface area contributed by atoms with Crippen molar-refractivity contribution in [2.45, 2.75) is 51.6 Å². The second-order valence-corrected chi connectivity index (χ2v) is 5.02. The Morgan fingerprint density at radius 3 is 2.62 bits per heavy atom. The van der Waals surface area contributed by atoms with Crippen molar-refractivity contribution in [3.63, 3.8) is 0 Å². The molecule has 2 atom stereocenters. The summed E-state index contributed by atoms with van der Waals surface area (Å²) in [6, 6.07) is -0.660. The van der Waals surface area contributed by atoms with Gasteiger partial charge in [-0.2, -0.15) is 0 Å². The minimum Gasteiger partial charge on any atom is -0.343 e. The molecule has 90 valence electrons. The molecule has 16 heavy (non-hydrogen) atoms. The molecular weight excluding hydrogens is 204 g/mol. The lowest BCUT2D eigenvalue weighted by Gasteiger charge is -2.36. The molecule has 1 saturated carbocycles. The molecule has 4 nitrogen and oxygen atoms in total. The molecule has 2 rings (SSSR count). The summed E-state index contributed by atoms with van der Waals surface area (Å²) in [7, 11) is 0. The smallest absolute Gasteiger partial charge is 0.245 e. The summed E-state index contributed by atoms with van der Waals surface area (Å²) >= 11 is 0. The largest absolute Gasteiger partial charge is 0.343 e. The number of nitrogens with zero attached hydrogens (tertiary/aromatic N) is 1.